The lowest BCUT2D eigenvalue weighted by atomic mass is 9.99. The molecule has 0 bridgehead atoms. The van der Waals surface area contributed by atoms with Crippen molar-refractivity contribution < 1.29 is 19.4 Å². The maximum atomic E-state index is 9.72. The zero-order valence-corrected chi connectivity index (χ0v) is 15.3. The molecule has 0 aliphatic rings. The minimum Gasteiger partial charge on any atom is -0.493 e. The van der Waals surface area contributed by atoms with E-state index in [2.05, 4.69) is 16.6 Å². The third-order valence-electron chi connectivity index (χ3n) is 4.44. The number of aromatic nitrogens is 1. The summed E-state index contributed by atoms with van der Waals surface area (Å²) >= 11 is 0. The van der Waals surface area contributed by atoms with Crippen molar-refractivity contribution in [3.8, 4) is 17.2 Å². The summed E-state index contributed by atoms with van der Waals surface area (Å²) in [5, 5.41) is 14.3. The van der Waals surface area contributed by atoms with Crippen LogP contribution in [0.3, 0.4) is 0 Å². The number of ether oxygens (including phenoxy) is 3. The zero-order chi connectivity index (χ0) is 18.7. The average molecular weight is 354 g/mol. The van der Waals surface area contributed by atoms with Crippen LogP contribution in [0.5, 0.6) is 17.2 Å². The Morgan fingerprint density at radius 3 is 2.38 bits per heavy atom. The van der Waals surface area contributed by atoms with Gasteiger partial charge in [-0.2, -0.15) is 0 Å². The molecule has 0 fully saturated rings. The van der Waals surface area contributed by atoms with Crippen LogP contribution in [0.2, 0.25) is 0 Å². The minimum absolute atomic E-state index is 0.397. The predicted molar refractivity (Wildman–Crippen MR) is 101 cm³/mol. The lowest BCUT2D eigenvalue weighted by Crippen LogP contribution is -2.08. The number of nitrogens with zero attached hydrogens (tertiary/aromatic N) is 2. The number of hydrogen-bond acceptors (Lipinski definition) is 5. The molecule has 0 saturated heterocycles. The quantitative estimate of drug-likeness (QED) is 0.414. The van der Waals surface area contributed by atoms with Crippen molar-refractivity contribution in [2.45, 2.75) is 13.5 Å². The van der Waals surface area contributed by atoms with Gasteiger partial charge in [-0.05, 0) is 37.3 Å². The molecule has 0 radical (unpaired) electrons. The van der Waals surface area contributed by atoms with Gasteiger partial charge in [0.25, 0.3) is 0 Å². The Balaban J connectivity index is 2.15. The number of rotatable bonds is 6. The van der Waals surface area contributed by atoms with E-state index in [-0.39, 0.29) is 0 Å². The Bertz CT molecular complexity index is 960. The van der Waals surface area contributed by atoms with Crippen molar-refractivity contribution in [2.24, 2.45) is 5.16 Å². The number of oxime groups is 1. The van der Waals surface area contributed by atoms with E-state index in [1.807, 2.05) is 30.5 Å². The molecule has 0 atom stereocenters. The fraction of sp³-hybridized carbons (Fsp3) is 0.250. The van der Waals surface area contributed by atoms with Crippen LogP contribution in [0.15, 0.2) is 47.8 Å². The summed E-state index contributed by atoms with van der Waals surface area (Å²) in [5.74, 6) is 1.44. The van der Waals surface area contributed by atoms with Crippen molar-refractivity contribution in [2.75, 3.05) is 21.3 Å². The van der Waals surface area contributed by atoms with E-state index in [4.69, 9.17) is 14.2 Å². The third-order valence-corrected chi connectivity index (χ3v) is 4.44. The molecule has 1 aromatic heterocycles. The van der Waals surface area contributed by atoms with E-state index in [0.717, 1.165) is 23.0 Å². The van der Waals surface area contributed by atoms with Crippen molar-refractivity contribution in [3.05, 3.63) is 53.7 Å². The van der Waals surface area contributed by atoms with Crippen molar-refractivity contribution >= 4 is 16.6 Å². The van der Waals surface area contributed by atoms with E-state index in [0.29, 0.717) is 28.5 Å². The van der Waals surface area contributed by atoms with E-state index >= 15 is 0 Å². The predicted octanol–water partition coefficient (Wildman–Crippen LogP) is 3.91. The Morgan fingerprint density at radius 2 is 1.77 bits per heavy atom. The van der Waals surface area contributed by atoms with Crippen LogP contribution in [-0.2, 0) is 6.54 Å². The Morgan fingerprint density at radius 1 is 1.00 bits per heavy atom. The summed E-state index contributed by atoms with van der Waals surface area (Å²) < 4.78 is 18.4. The monoisotopic (exact) mass is 354 g/mol. The molecular weight excluding hydrogens is 332 g/mol. The molecule has 6 nitrogen and oxygen atoms in total. The molecule has 3 rings (SSSR count). The highest BCUT2D eigenvalue weighted by atomic mass is 16.5. The normalized spacial score (nSPS) is 11.6. The first kappa shape index (κ1) is 17.7. The van der Waals surface area contributed by atoms with Crippen molar-refractivity contribution in [1.82, 2.24) is 4.57 Å². The number of benzene rings is 2. The van der Waals surface area contributed by atoms with Crippen molar-refractivity contribution in [3.63, 3.8) is 0 Å². The Labute approximate surface area is 152 Å². The fourth-order valence-electron chi connectivity index (χ4n) is 3.18. The largest absolute Gasteiger partial charge is 0.493 e. The van der Waals surface area contributed by atoms with Crippen LogP contribution >= 0.6 is 0 Å². The highest BCUT2D eigenvalue weighted by Gasteiger charge is 2.21. The molecule has 0 amide bonds. The SMILES string of the molecule is CCn1ccc2cc(/C(=N/O)c3ccc(OC)c(OC)c3OC)ccc21. The van der Waals surface area contributed by atoms with Crippen molar-refractivity contribution in [1.29, 1.82) is 0 Å². The summed E-state index contributed by atoms with van der Waals surface area (Å²) in [6.07, 6.45) is 2.04. The van der Waals surface area contributed by atoms with Gasteiger partial charge >= 0.3 is 0 Å². The molecule has 0 unspecified atom stereocenters. The molecule has 26 heavy (non-hydrogen) atoms. The zero-order valence-electron chi connectivity index (χ0n) is 15.3. The van der Waals surface area contributed by atoms with E-state index in [9.17, 15) is 5.21 Å². The molecule has 0 saturated carbocycles. The van der Waals surface area contributed by atoms with E-state index in [1.165, 1.54) is 0 Å². The summed E-state index contributed by atoms with van der Waals surface area (Å²) in [5.41, 5.74) is 2.92. The van der Waals surface area contributed by atoms with Crippen LogP contribution < -0.4 is 14.2 Å². The van der Waals surface area contributed by atoms with Gasteiger partial charge in [0.2, 0.25) is 5.75 Å². The molecule has 6 heteroatoms. The first-order valence-corrected chi connectivity index (χ1v) is 8.29. The molecule has 0 aliphatic heterocycles. The first-order valence-electron chi connectivity index (χ1n) is 8.29. The van der Waals surface area contributed by atoms with Gasteiger partial charge < -0.3 is 24.0 Å². The van der Waals surface area contributed by atoms with Gasteiger partial charge in [0, 0.05) is 29.2 Å². The van der Waals surface area contributed by atoms with Crippen LogP contribution in [0, 0.1) is 0 Å². The summed E-state index contributed by atoms with van der Waals surface area (Å²) in [7, 11) is 4.64. The molecule has 0 spiro atoms. The van der Waals surface area contributed by atoms with Crippen LogP contribution in [0.25, 0.3) is 10.9 Å². The maximum Gasteiger partial charge on any atom is 0.203 e. The maximum absolute atomic E-state index is 9.72. The number of fused-ring (bicyclic) bond motifs is 1. The van der Waals surface area contributed by atoms with Gasteiger partial charge in [-0.25, -0.2) is 0 Å². The molecule has 3 aromatic rings. The van der Waals surface area contributed by atoms with Gasteiger partial charge in [0.15, 0.2) is 11.5 Å². The molecular formula is C20H22N2O4. The molecule has 2 aromatic carbocycles. The summed E-state index contributed by atoms with van der Waals surface area (Å²) in [4.78, 5) is 0. The number of methoxy groups -OCH3 is 3. The van der Waals surface area contributed by atoms with Crippen LogP contribution in [-0.4, -0.2) is 36.8 Å². The molecule has 1 N–H and O–H groups in total. The molecule has 1 heterocycles. The molecule has 0 aliphatic carbocycles. The number of hydrogen-bond donors (Lipinski definition) is 1. The molecule has 136 valence electrons. The van der Waals surface area contributed by atoms with Gasteiger partial charge in [0.1, 0.15) is 5.71 Å². The lowest BCUT2D eigenvalue weighted by Gasteiger charge is -2.16. The van der Waals surface area contributed by atoms with E-state index < -0.39 is 0 Å². The second-order valence-corrected chi connectivity index (χ2v) is 5.71. The topological polar surface area (TPSA) is 65.2 Å². The smallest absolute Gasteiger partial charge is 0.203 e. The highest BCUT2D eigenvalue weighted by Crippen LogP contribution is 2.40. The van der Waals surface area contributed by atoms with Crippen LogP contribution in [0.4, 0.5) is 0 Å². The van der Waals surface area contributed by atoms with Gasteiger partial charge in [-0.1, -0.05) is 11.2 Å². The Kier molecular flexibility index (Phi) is 5.02. The summed E-state index contributed by atoms with van der Waals surface area (Å²) in [6.45, 7) is 3.00. The van der Waals surface area contributed by atoms with E-state index in [1.54, 1.807) is 33.5 Å². The van der Waals surface area contributed by atoms with Crippen LogP contribution in [0.1, 0.15) is 18.1 Å². The summed E-state index contributed by atoms with van der Waals surface area (Å²) in [6, 6.07) is 11.5. The third kappa shape index (κ3) is 2.83. The van der Waals surface area contributed by atoms with Gasteiger partial charge in [-0.15, -0.1) is 0 Å². The van der Waals surface area contributed by atoms with Gasteiger partial charge in [-0.3, -0.25) is 0 Å². The lowest BCUT2D eigenvalue weighted by molar-refractivity contribution is 0.316. The second kappa shape index (κ2) is 7.39. The first-order chi connectivity index (χ1) is 12.7. The second-order valence-electron chi connectivity index (χ2n) is 5.71. The minimum atomic E-state index is 0.397. The van der Waals surface area contributed by atoms with Gasteiger partial charge in [0.05, 0.1) is 26.9 Å². The number of aryl methyl sites for hydroxylation is 1. The average Bonchev–Trinajstić information content (AvgIpc) is 3.10. The highest BCUT2D eigenvalue weighted by molar-refractivity contribution is 6.15. The Hall–Kier alpha value is -3.15. The standard InChI is InChI=1S/C20H22N2O4/c1-5-22-11-10-13-12-14(6-8-16(13)22)18(21-23)15-7-9-17(24-2)20(26-4)19(15)25-3/h6-12,23H,5H2,1-4H3/b21-18-. The fourth-order valence-corrected chi connectivity index (χ4v) is 3.18.